The first kappa shape index (κ1) is 19.4. The van der Waals surface area contributed by atoms with Crippen LogP contribution in [-0.2, 0) is 10.3 Å². The van der Waals surface area contributed by atoms with Gasteiger partial charge in [0.15, 0.2) is 0 Å². The molecule has 1 spiro atoms. The summed E-state index contributed by atoms with van der Waals surface area (Å²) in [5.41, 5.74) is 0.889. The SMILES string of the molecule is CN(C)C1(c2ccccc2)CCC2(CC1)CC(=O)N(CCC(C)(C)O)C2. The first-order valence-electron chi connectivity index (χ1n) is 9.89. The van der Waals surface area contributed by atoms with E-state index in [2.05, 4.69) is 49.3 Å². The fourth-order valence-electron chi connectivity index (χ4n) is 4.87. The third kappa shape index (κ3) is 3.81. The van der Waals surface area contributed by atoms with E-state index in [1.165, 1.54) is 5.56 Å². The van der Waals surface area contributed by atoms with Gasteiger partial charge in [0.1, 0.15) is 0 Å². The van der Waals surface area contributed by atoms with E-state index in [1.54, 1.807) is 0 Å². The van der Waals surface area contributed by atoms with Crippen molar-refractivity contribution in [1.29, 1.82) is 0 Å². The van der Waals surface area contributed by atoms with Crippen molar-refractivity contribution in [3.63, 3.8) is 0 Å². The van der Waals surface area contributed by atoms with Crippen molar-refractivity contribution in [2.24, 2.45) is 5.41 Å². The highest BCUT2D eigenvalue weighted by Crippen LogP contribution is 2.52. The van der Waals surface area contributed by atoms with Crippen LogP contribution in [0.15, 0.2) is 30.3 Å². The van der Waals surface area contributed by atoms with Gasteiger partial charge in [0.25, 0.3) is 0 Å². The number of amides is 1. The molecule has 144 valence electrons. The van der Waals surface area contributed by atoms with E-state index in [4.69, 9.17) is 0 Å². The fraction of sp³-hybridized carbons (Fsp3) is 0.682. The third-order valence-electron chi connectivity index (χ3n) is 6.70. The molecule has 4 nitrogen and oxygen atoms in total. The summed E-state index contributed by atoms with van der Waals surface area (Å²) in [6.45, 7) is 5.16. The van der Waals surface area contributed by atoms with E-state index < -0.39 is 5.60 Å². The average Bonchev–Trinajstić information content (AvgIpc) is 2.89. The molecule has 26 heavy (non-hydrogen) atoms. The van der Waals surface area contributed by atoms with Crippen LogP contribution in [0.25, 0.3) is 0 Å². The maximum atomic E-state index is 12.6. The highest BCUT2D eigenvalue weighted by molar-refractivity contribution is 5.79. The number of carbonyl (C=O) groups excluding carboxylic acids is 1. The first-order valence-corrected chi connectivity index (χ1v) is 9.89. The topological polar surface area (TPSA) is 43.8 Å². The Bertz CT molecular complexity index is 625. The Kier molecular flexibility index (Phi) is 5.19. The lowest BCUT2D eigenvalue weighted by Crippen LogP contribution is -2.47. The summed E-state index contributed by atoms with van der Waals surface area (Å²) >= 11 is 0. The van der Waals surface area contributed by atoms with E-state index in [9.17, 15) is 9.90 Å². The molecule has 1 aliphatic carbocycles. The average molecular weight is 359 g/mol. The van der Waals surface area contributed by atoms with Gasteiger partial charge < -0.3 is 10.0 Å². The second-order valence-corrected chi connectivity index (χ2v) is 9.35. The van der Waals surface area contributed by atoms with Gasteiger partial charge in [0, 0.05) is 25.0 Å². The molecule has 1 saturated heterocycles. The molecule has 2 fully saturated rings. The van der Waals surface area contributed by atoms with Gasteiger partial charge in [-0.2, -0.15) is 0 Å². The van der Waals surface area contributed by atoms with Gasteiger partial charge in [-0.3, -0.25) is 9.69 Å². The minimum absolute atomic E-state index is 0.0794. The van der Waals surface area contributed by atoms with Gasteiger partial charge in [-0.1, -0.05) is 30.3 Å². The lowest BCUT2D eigenvalue weighted by Gasteiger charge is -2.49. The number of likely N-dealkylation sites (tertiary alicyclic amines) is 1. The highest BCUT2D eigenvalue weighted by Gasteiger charge is 2.50. The number of hydrogen-bond acceptors (Lipinski definition) is 3. The van der Waals surface area contributed by atoms with Crippen LogP contribution in [0.3, 0.4) is 0 Å². The summed E-state index contributed by atoms with van der Waals surface area (Å²) in [4.78, 5) is 16.9. The van der Waals surface area contributed by atoms with Crippen molar-refractivity contribution in [3.8, 4) is 0 Å². The second-order valence-electron chi connectivity index (χ2n) is 9.35. The number of benzene rings is 1. The maximum Gasteiger partial charge on any atom is 0.223 e. The zero-order chi connectivity index (χ0) is 19.0. The van der Waals surface area contributed by atoms with Gasteiger partial charge in [-0.15, -0.1) is 0 Å². The molecule has 1 aromatic carbocycles. The Morgan fingerprint density at radius 3 is 2.27 bits per heavy atom. The molecule has 3 rings (SSSR count). The van der Waals surface area contributed by atoms with Crippen LogP contribution < -0.4 is 0 Å². The molecule has 4 heteroatoms. The predicted octanol–water partition coefficient (Wildman–Crippen LogP) is 3.40. The van der Waals surface area contributed by atoms with Crippen LogP contribution in [0.2, 0.25) is 0 Å². The van der Waals surface area contributed by atoms with Crippen LogP contribution in [-0.4, -0.2) is 53.6 Å². The van der Waals surface area contributed by atoms with E-state index >= 15 is 0 Å². The molecule has 0 atom stereocenters. The summed E-state index contributed by atoms with van der Waals surface area (Å²) in [7, 11) is 4.36. The van der Waals surface area contributed by atoms with Crippen LogP contribution in [0, 0.1) is 5.41 Å². The summed E-state index contributed by atoms with van der Waals surface area (Å²) in [6.07, 6.45) is 5.68. The third-order valence-corrected chi connectivity index (χ3v) is 6.70. The Morgan fingerprint density at radius 2 is 1.73 bits per heavy atom. The largest absolute Gasteiger partial charge is 0.390 e. The Labute approximate surface area is 158 Å². The molecule has 1 N–H and O–H groups in total. The number of carbonyl (C=O) groups is 1. The molecule has 0 unspecified atom stereocenters. The van der Waals surface area contributed by atoms with Gasteiger partial charge in [-0.05, 0) is 71.0 Å². The van der Waals surface area contributed by atoms with Crippen molar-refractivity contribution in [2.45, 2.75) is 63.5 Å². The smallest absolute Gasteiger partial charge is 0.223 e. The lowest BCUT2D eigenvalue weighted by atomic mass is 9.64. The normalized spacial score (nSPS) is 29.8. The van der Waals surface area contributed by atoms with E-state index in [1.807, 2.05) is 18.7 Å². The van der Waals surface area contributed by atoms with Crippen LogP contribution in [0.1, 0.15) is 57.9 Å². The Hall–Kier alpha value is -1.39. The number of aliphatic hydroxyl groups is 1. The molecule has 1 saturated carbocycles. The zero-order valence-corrected chi connectivity index (χ0v) is 16.8. The molecule has 0 bridgehead atoms. The molecular weight excluding hydrogens is 324 g/mol. The van der Waals surface area contributed by atoms with Gasteiger partial charge in [0.2, 0.25) is 5.91 Å². The predicted molar refractivity (Wildman–Crippen MR) is 105 cm³/mol. The zero-order valence-electron chi connectivity index (χ0n) is 16.8. The van der Waals surface area contributed by atoms with Gasteiger partial charge in [-0.25, -0.2) is 0 Å². The molecule has 2 aliphatic rings. The van der Waals surface area contributed by atoms with Crippen molar-refractivity contribution >= 4 is 5.91 Å². The molecule has 0 radical (unpaired) electrons. The second kappa shape index (κ2) is 6.97. The van der Waals surface area contributed by atoms with E-state index in [-0.39, 0.29) is 16.9 Å². The van der Waals surface area contributed by atoms with Crippen molar-refractivity contribution < 1.29 is 9.90 Å². The van der Waals surface area contributed by atoms with Crippen LogP contribution in [0.5, 0.6) is 0 Å². The summed E-state index contributed by atoms with van der Waals surface area (Å²) in [6, 6.07) is 10.8. The standard InChI is InChI=1S/C22H34N2O2/c1-20(2,26)14-15-24-17-21(16-19(24)25)10-12-22(13-11-21,23(3)4)18-8-6-5-7-9-18/h5-9,26H,10-17H2,1-4H3. The highest BCUT2D eigenvalue weighted by atomic mass is 16.3. The van der Waals surface area contributed by atoms with Crippen molar-refractivity contribution in [3.05, 3.63) is 35.9 Å². The lowest BCUT2D eigenvalue weighted by molar-refractivity contribution is -0.128. The van der Waals surface area contributed by atoms with E-state index in [0.29, 0.717) is 19.4 Å². The van der Waals surface area contributed by atoms with Crippen LogP contribution >= 0.6 is 0 Å². The minimum atomic E-state index is -0.712. The van der Waals surface area contributed by atoms with Gasteiger partial charge in [0.05, 0.1) is 5.60 Å². The van der Waals surface area contributed by atoms with Crippen molar-refractivity contribution in [1.82, 2.24) is 9.80 Å². The van der Waals surface area contributed by atoms with Gasteiger partial charge >= 0.3 is 0 Å². The summed E-state index contributed by atoms with van der Waals surface area (Å²) < 4.78 is 0. The molecule has 1 amide bonds. The first-order chi connectivity index (χ1) is 12.2. The summed E-state index contributed by atoms with van der Waals surface area (Å²) in [5.74, 6) is 0.270. The fourth-order valence-corrected chi connectivity index (χ4v) is 4.87. The van der Waals surface area contributed by atoms with E-state index in [0.717, 1.165) is 32.2 Å². The monoisotopic (exact) mass is 358 g/mol. The number of nitrogens with zero attached hydrogens (tertiary/aromatic N) is 2. The van der Waals surface area contributed by atoms with Crippen molar-refractivity contribution in [2.75, 3.05) is 27.2 Å². The Morgan fingerprint density at radius 1 is 1.12 bits per heavy atom. The Balaban J connectivity index is 1.70. The minimum Gasteiger partial charge on any atom is -0.390 e. The maximum absolute atomic E-state index is 12.6. The quantitative estimate of drug-likeness (QED) is 0.877. The molecular formula is C22H34N2O2. The number of rotatable bonds is 5. The number of hydrogen-bond donors (Lipinski definition) is 1. The molecule has 1 aliphatic heterocycles. The van der Waals surface area contributed by atoms with Crippen LogP contribution in [0.4, 0.5) is 0 Å². The molecule has 1 heterocycles. The summed E-state index contributed by atoms with van der Waals surface area (Å²) in [5, 5.41) is 9.98. The molecule has 0 aromatic heterocycles. The molecule has 1 aromatic rings.